The van der Waals surface area contributed by atoms with Gasteiger partial charge in [-0.15, -0.1) is 11.3 Å². The fourth-order valence-electron chi connectivity index (χ4n) is 2.39. The molecule has 1 aromatic carbocycles. The third kappa shape index (κ3) is 3.81. The van der Waals surface area contributed by atoms with E-state index in [0.29, 0.717) is 5.89 Å². The van der Waals surface area contributed by atoms with E-state index < -0.39 is 0 Å². The van der Waals surface area contributed by atoms with Gasteiger partial charge in [-0.3, -0.25) is 4.90 Å². The molecule has 2 heterocycles. The highest BCUT2D eigenvalue weighted by Gasteiger charge is 2.10. The molecule has 0 aliphatic heterocycles. The zero-order valence-corrected chi connectivity index (χ0v) is 14.4. The van der Waals surface area contributed by atoms with E-state index in [1.807, 2.05) is 24.3 Å². The Morgan fingerprint density at radius 1 is 1.17 bits per heavy atom. The van der Waals surface area contributed by atoms with Crippen molar-refractivity contribution in [2.24, 2.45) is 0 Å². The maximum absolute atomic E-state index is 5.61. The Morgan fingerprint density at radius 2 is 1.96 bits per heavy atom. The fourth-order valence-corrected chi connectivity index (χ4v) is 3.37. The second kappa shape index (κ2) is 6.98. The predicted molar refractivity (Wildman–Crippen MR) is 92.7 cm³/mol. The second-order valence-electron chi connectivity index (χ2n) is 5.57. The summed E-state index contributed by atoms with van der Waals surface area (Å²) in [7, 11) is 3.75. The molecule has 5 heteroatoms. The van der Waals surface area contributed by atoms with E-state index in [-0.39, 0.29) is 0 Å². The Balaban J connectivity index is 1.65. The van der Waals surface area contributed by atoms with Crippen molar-refractivity contribution >= 4 is 11.3 Å². The highest BCUT2D eigenvalue weighted by Crippen LogP contribution is 2.23. The van der Waals surface area contributed by atoms with Crippen LogP contribution in [0.4, 0.5) is 0 Å². The molecule has 0 fully saturated rings. The molecule has 0 spiro atoms. The maximum Gasteiger partial charge on any atom is 0.226 e. The molecular weight excluding hydrogens is 308 g/mol. The van der Waals surface area contributed by atoms with Crippen LogP contribution in [0.15, 0.2) is 46.4 Å². The van der Waals surface area contributed by atoms with Gasteiger partial charge in [-0.1, -0.05) is 0 Å². The number of benzene rings is 1. The van der Waals surface area contributed by atoms with Gasteiger partial charge >= 0.3 is 0 Å². The number of thiophene rings is 1. The van der Waals surface area contributed by atoms with Crippen molar-refractivity contribution in [3.63, 3.8) is 0 Å². The molecule has 120 valence electrons. The first-order valence-electron chi connectivity index (χ1n) is 7.46. The molecule has 0 aliphatic rings. The molecule has 3 rings (SSSR count). The normalized spacial score (nSPS) is 11.1. The van der Waals surface area contributed by atoms with Gasteiger partial charge in [-0.25, -0.2) is 4.98 Å². The molecule has 0 unspecified atom stereocenters. The summed E-state index contributed by atoms with van der Waals surface area (Å²) in [5, 5.41) is 2.14. The van der Waals surface area contributed by atoms with Gasteiger partial charge < -0.3 is 9.15 Å². The van der Waals surface area contributed by atoms with Crippen LogP contribution in [0.25, 0.3) is 11.5 Å². The summed E-state index contributed by atoms with van der Waals surface area (Å²) in [6.45, 7) is 3.84. The van der Waals surface area contributed by atoms with Crippen molar-refractivity contribution in [3.8, 4) is 17.2 Å². The van der Waals surface area contributed by atoms with Gasteiger partial charge in [0.15, 0.2) is 0 Å². The number of nitrogens with zero attached hydrogens (tertiary/aromatic N) is 2. The minimum absolute atomic E-state index is 0.642. The standard InChI is InChI=1S/C18H20N2O2S/c1-13-8-9-23-17(13)11-20(2)10-15-12-22-18(19-15)14-4-6-16(21-3)7-5-14/h4-9,12H,10-11H2,1-3H3. The molecule has 0 N–H and O–H groups in total. The third-order valence-corrected chi connectivity index (χ3v) is 4.71. The Hall–Kier alpha value is -2.11. The summed E-state index contributed by atoms with van der Waals surface area (Å²) in [6.07, 6.45) is 1.73. The lowest BCUT2D eigenvalue weighted by Crippen LogP contribution is -2.17. The summed E-state index contributed by atoms with van der Waals surface area (Å²) in [5.41, 5.74) is 3.24. The van der Waals surface area contributed by atoms with Crippen LogP contribution in [0.3, 0.4) is 0 Å². The van der Waals surface area contributed by atoms with Crippen LogP contribution in [0.2, 0.25) is 0 Å². The lowest BCUT2D eigenvalue weighted by Gasteiger charge is -2.14. The fraction of sp³-hybridized carbons (Fsp3) is 0.278. The largest absolute Gasteiger partial charge is 0.497 e. The Bertz CT molecular complexity index is 761. The van der Waals surface area contributed by atoms with Crippen LogP contribution >= 0.6 is 11.3 Å². The van der Waals surface area contributed by atoms with Gasteiger partial charge in [0.2, 0.25) is 5.89 Å². The monoisotopic (exact) mass is 328 g/mol. The van der Waals surface area contributed by atoms with Crippen LogP contribution in [0.5, 0.6) is 5.75 Å². The smallest absolute Gasteiger partial charge is 0.226 e. The van der Waals surface area contributed by atoms with E-state index >= 15 is 0 Å². The molecule has 0 radical (unpaired) electrons. The molecule has 23 heavy (non-hydrogen) atoms. The molecule has 0 saturated heterocycles. The Labute approximate surface area is 140 Å². The average Bonchev–Trinajstić information content (AvgIpc) is 3.17. The topological polar surface area (TPSA) is 38.5 Å². The molecule has 0 saturated carbocycles. The second-order valence-corrected chi connectivity index (χ2v) is 6.57. The molecule has 0 bridgehead atoms. The zero-order chi connectivity index (χ0) is 16.2. The van der Waals surface area contributed by atoms with Crippen LogP contribution in [0, 0.1) is 6.92 Å². The van der Waals surface area contributed by atoms with Gasteiger partial charge in [-0.2, -0.15) is 0 Å². The van der Waals surface area contributed by atoms with E-state index in [9.17, 15) is 0 Å². The van der Waals surface area contributed by atoms with Crippen molar-refractivity contribution in [3.05, 3.63) is 58.1 Å². The highest BCUT2D eigenvalue weighted by molar-refractivity contribution is 7.10. The van der Waals surface area contributed by atoms with Crippen molar-refractivity contribution in [1.82, 2.24) is 9.88 Å². The summed E-state index contributed by atoms with van der Waals surface area (Å²) >= 11 is 1.80. The lowest BCUT2D eigenvalue weighted by atomic mass is 10.2. The quantitative estimate of drug-likeness (QED) is 0.674. The van der Waals surface area contributed by atoms with Gasteiger partial charge in [0, 0.05) is 23.5 Å². The number of oxazole rings is 1. The number of methoxy groups -OCH3 is 1. The van der Waals surface area contributed by atoms with Gasteiger partial charge in [0.25, 0.3) is 0 Å². The van der Waals surface area contributed by atoms with E-state index in [1.54, 1.807) is 24.7 Å². The summed E-state index contributed by atoms with van der Waals surface area (Å²) in [5.74, 6) is 1.47. The first-order chi connectivity index (χ1) is 11.2. The van der Waals surface area contributed by atoms with E-state index in [0.717, 1.165) is 30.1 Å². The van der Waals surface area contributed by atoms with Crippen LogP contribution in [-0.2, 0) is 13.1 Å². The summed E-state index contributed by atoms with van der Waals surface area (Å²) < 4.78 is 10.8. The molecule has 0 atom stereocenters. The first kappa shape index (κ1) is 15.8. The number of ether oxygens (including phenoxy) is 1. The molecule has 0 amide bonds. The Kier molecular flexibility index (Phi) is 4.79. The zero-order valence-electron chi connectivity index (χ0n) is 13.6. The maximum atomic E-state index is 5.61. The summed E-state index contributed by atoms with van der Waals surface area (Å²) in [6, 6.07) is 9.88. The van der Waals surface area contributed by atoms with Crippen LogP contribution in [-0.4, -0.2) is 24.0 Å². The average molecular weight is 328 g/mol. The van der Waals surface area contributed by atoms with Gasteiger partial charge in [-0.05, 0) is 55.2 Å². The van der Waals surface area contributed by atoms with Gasteiger partial charge in [0.1, 0.15) is 12.0 Å². The summed E-state index contributed by atoms with van der Waals surface area (Å²) in [4.78, 5) is 8.22. The molecule has 3 aromatic rings. The molecular formula is C18H20N2O2S. The number of rotatable bonds is 6. The van der Waals surface area contributed by atoms with Crippen LogP contribution < -0.4 is 4.74 Å². The minimum Gasteiger partial charge on any atom is -0.497 e. The highest BCUT2D eigenvalue weighted by atomic mass is 32.1. The SMILES string of the molecule is COc1ccc(-c2nc(CN(C)Cc3sccc3C)co2)cc1. The van der Waals surface area contributed by atoms with Crippen molar-refractivity contribution in [1.29, 1.82) is 0 Å². The molecule has 2 aromatic heterocycles. The minimum atomic E-state index is 0.642. The predicted octanol–water partition coefficient (Wildman–Crippen LogP) is 4.35. The first-order valence-corrected chi connectivity index (χ1v) is 8.34. The van der Waals surface area contributed by atoms with Crippen molar-refractivity contribution < 1.29 is 9.15 Å². The van der Waals surface area contributed by atoms with Gasteiger partial charge in [0.05, 0.1) is 12.8 Å². The third-order valence-electron chi connectivity index (χ3n) is 3.70. The van der Waals surface area contributed by atoms with E-state index in [4.69, 9.17) is 9.15 Å². The van der Waals surface area contributed by atoms with Crippen molar-refractivity contribution in [2.45, 2.75) is 20.0 Å². The lowest BCUT2D eigenvalue weighted by molar-refractivity contribution is 0.317. The van der Waals surface area contributed by atoms with Crippen LogP contribution in [0.1, 0.15) is 16.1 Å². The Morgan fingerprint density at radius 3 is 2.61 bits per heavy atom. The number of aromatic nitrogens is 1. The number of aryl methyl sites for hydroxylation is 1. The molecule has 4 nitrogen and oxygen atoms in total. The number of hydrogen-bond donors (Lipinski definition) is 0. The number of hydrogen-bond acceptors (Lipinski definition) is 5. The van der Waals surface area contributed by atoms with E-state index in [1.165, 1.54) is 10.4 Å². The van der Waals surface area contributed by atoms with Crippen molar-refractivity contribution in [2.75, 3.05) is 14.2 Å². The molecule has 0 aliphatic carbocycles. The van der Waals surface area contributed by atoms with E-state index in [2.05, 4.69) is 35.3 Å².